The summed E-state index contributed by atoms with van der Waals surface area (Å²) in [7, 11) is 5.22. The van der Waals surface area contributed by atoms with Gasteiger partial charge in [0.15, 0.2) is 12.4 Å². The number of carbonyl (C=O) groups is 3. The molecule has 0 aromatic rings. The van der Waals surface area contributed by atoms with Gasteiger partial charge in [-0.1, -0.05) is 20.8 Å². The number of hydrogen-bond donors (Lipinski definition) is 4. The largest absolute Gasteiger partial charge is 0.459 e. The van der Waals surface area contributed by atoms with Crippen LogP contribution in [0.15, 0.2) is 0 Å². The molecule has 2 aliphatic rings. The third kappa shape index (κ3) is 9.15. The fourth-order valence-corrected chi connectivity index (χ4v) is 6.72. The van der Waals surface area contributed by atoms with Crippen molar-refractivity contribution in [2.75, 3.05) is 21.2 Å². The van der Waals surface area contributed by atoms with Crippen LogP contribution < -0.4 is 5.32 Å². The van der Waals surface area contributed by atoms with Crippen molar-refractivity contribution in [2.45, 2.75) is 148 Å². The molecule has 2 aliphatic heterocycles. The molecule has 2 heterocycles. The first-order chi connectivity index (χ1) is 20.7. The minimum atomic E-state index is -1.91. The highest BCUT2D eigenvalue weighted by Gasteiger charge is 2.51. The van der Waals surface area contributed by atoms with Gasteiger partial charge in [0.25, 0.3) is 0 Å². The Labute approximate surface area is 268 Å². The Kier molecular flexibility index (Phi) is 13.8. The molecule has 45 heavy (non-hydrogen) atoms. The zero-order chi connectivity index (χ0) is 34.6. The van der Waals surface area contributed by atoms with E-state index in [1.807, 2.05) is 25.9 Å². The molecule has 262 valence electrons. The Hall–Kier alpha value is -1.87. The maximum absolute atomic E-state index is 13.4. The van der Waals surface area contributed by atoms with Crippen molar-refractivity contribution < 1.29 is 53.4 Å². The third-order valence-electron chi connectivity index (χ3n) is 9.68. The summed E-state index contributed by atoms with van der Waals surface area (Å²) < 4.78 is 30.4. The van der Waals surface area contributed by atoms with Crippen molar-refractivity contribution in [1.82, 2.24) is 10.2 Å². The Balaban J connectivity index is 2.66. The van der Waals surface area contributed by atoms with Gasteiger partial charge in [-0.25, -0.2) is 0 Å². The number of rotatable bonds is 6. The van der Waals surface area contributed by atoms with E-state index < -0.39 is 89.7 Å². The number of nitrogens with one attached hydrogen (secondary N) is 1. The first-order valence-electron chi connectivity index (χ1n) is 16.0. The summed E-state index contributed by atoms with van der Waals surface area (Å²) >= 11 is 0. The summed E-state index contributed by atoms with van der Waals surface area (Å²) in [6.45, 7) is 14.5. The second-order valence-corrected chi connectivity index (χ2v) is 13.8. The van der Waals surface area contributed by atoms with Crippen molar-refractivity contribution in [3.8, 4) is 0 Å². The molecule has 0 radical (unpaired) electrons. The van der Waals surface area contributed by atoms with Crippen LogP contribution in [-0.2, 0) is 38.1 Å². The van der Waals surface area contributed by atoms with E-state index in [0.29, 0.717) is 6.42 Å². The van der Waals surface area contributed by atoms with Crippen molar-refractivity contribution in [3.05, 3.63) is 0 Å². The Morgan fingerprint density at radius 2 is 1.71 bits per heavy atom. The van der Waals surface area contributed by atoms with Crippen LogP contribution in [0.3, 0.4) is 0 Å². The molecule has 2 rings (SSSR count). The van der Waals surface area contributed by atoms with Crippen LogP contribution in [0.5, 0.6) is 0 Å². The molecular formula is C32H58N2O11. The predicted octanol–water partition coefficient (Wildman–Crippen LogP) is 1.38. The molecule has 2 fully saturated rings. The Bertz CT molecular complexity index is 1010. The van der Waals surface area contributed by atoms with E-state index in [4.69, 9.17) is 23.7 Å². The number of esters is 2. The molecular weight excluding hydrogens is 588 g/mol. The van der Waals surface area contributed by atoms with Crippen molar-refractivity contribution in [3.63, 3.8) is 0 Å². The van der Waals surface area contributed by atoms with Crippen molar-refractivity contribution in [2.24, 2.45) is 17.8 Å². The molecule has 0 saturated carbocycles. The SMILES string of the molecule is CC[C@H]1OC(=O)[C@H](C)[C@@H](O)[C@H](C)[C@@H](O[C@@H]2O[C@H](C)C[C@@H](N(C)C)[C@H]2OC(C)=O)[C@](C)(OC)C[C@@H](C)C(=O)N[C@H](C)[C@@H](O)[C@]1(C)O. The number of hydrogen-bond acceptors (Lipinski definition) is 12. The Morgan fingerprint density at radius 3 is 2.22 bits per heavy atom. The summed E-state index contributed by atoms with van der Waals surface area (Å²) in [5.74, 6) is -4.27. The normalized spacial score (nSPS) is 44.4. The van der Waals surface area contributed by atoms with Crippen LogP contribution >= 0.6 is 0 Å². The number of aliphatic hydroxyl groups is 3. The first-order valence-corrected chi connectivity index (χ1v) is 16.0. The molecule has 13 nitrogen and oxygen atoms in total. The lowest BCUT2D eigenvalue weighted by atomic mass is 9.77. The van der Waals surface area contributed by atoms with Gasteiger partial charge in [0.2, 0.25) is 5.91 Å². The summed E-state index contributed by atoms with van der Waals surface area (Å²) in [5.41, 5.74) is -3.15. The monoisotopic (exact) mass is 646 g/mol. The standard InChI is InChI=1S/C32H58N2O11/c1-13-23-32(9,40)26(37)20(6)33-28(38)16(2)15-31(8,41-12)27(18(4)24(36)19(5)29(39)44-23)45-30-25(43-21(7)35)22(34(10)11)14-17(3)42-30/h16-20,22-27,30,36-37,40H,13-15H2,1-12H3,(H,33,38)/t16-,17-,18+,19-,20-,22-,23-,24+,25-,26-,27-,30+,31-,32-/m1/s1. The van der Waals surface area contributed by atoms with Crippen molar-refractivity contribution in [1.29, 1.82) is 0 Å². The highest BCUT2D eigenvalue weighted by atomic mass is 16.7. The fourth-order valence-electron chi connectivity index (χ4n) is 6.72. The lowest BCUT2D eigenvalue weighted by Crippen LogP contribution is -2.60. The molecule has 13 heteroatoms. The van der Waals surface area contributed by atoms with Crippen molar-refractivity contribution >= 4 is 17.8 Å². The summed E-state index contributed by atoms with van der Waals surface area (Å²) in [4.78, 5) is 41.0. The van der Waals surface area contributed by atoms with Crippen LogP contribution in [-0.4, -0.2) is 125 Å². The third-order valence-corrected chi connectivity index (χ3v) is 9.68. The first kappa shape index (κ1) is 39.3. The number of aliphatic hydroxyl groups excluding tert-OH is 2. The second kappa shape index (κ2) is 15.8. The zero-order valence-corrected chi connectivity index (χ0v) is 29.1. The molecule has 0 aliphatic carbocycles. The number of likely N-dealkylation sites (N-methyl/N-ethyl adjacent to an activating group) is 1. The fraction of sp³-hybridized carbons (Fsp3) is 0.906. The highest BCUT2D eigenvalue weighted by molar-refractivity contribution is 5.78. The highest BCUT2D eigenvalue weighted by Crippen LogP contribution is 2.38. The summed E-state index contributed by atoms with van der Waals surface area (Å²) in [6, 6.07) is -1.15. The molecule has 0 bridgehead atoms. The van der Waals surface area contributed by atoms with Crippen LogP contribution in [0.2, 0.25) is 0 Å². The van der Waals surface area contributed by atoms with E-state index >= 15 is 0 Å². The van der Waals surface area contributed by atoms with Gasteiger partial charge >= 0.3 is 11.9 Å². The molecule has 2 saturated heterocycles. The van der Waals surface area contributed by atoms with E-state index in [9.17, 15) is 29.7 Å². The van der Waals surface area contributed by atoms with E-state index in [2.05, 4.69) is 5.32 Å². The van der Waals surface area contributed by atoms with Gasteiger partial charge in [0.05, 0.1) is 41.9 Å². The van der Waals surface area contributed by atoms with E-state index in [1.165, 1.54) is 27.9 Å². The maximum atomic E-state index is 13.4. The number of carbonyl (C=O) groups excluding carboxylic acids is 3. The van der Waals surface area contributed by atoms with E-state index in [0.717, 1.165) is 0 Å². The average molecular weight is 647 g/mol. The number of methoxy groups -OCH3 is 1. The number of ether oxygens (including phenoxy) is 5. The minimum Gasteiger partial charge on any atom is -0.459 e. The number of amides is 1. The molecule has 0 spiro atoms. The van der Waals surface area contributed by atoms with Crippen LogP contribution in [0.1, 0.15) is 81.6 Å². The van der Waals surface area contributed by atoms with Gasteiger partial charge in [-0.15, -0.1) is 0 Å². The summed E-state index contributed by atoms with van der Waals surface area (Å²) in [6.07, 6.45) is -6.26. The zero-order valence-electron chi connectivity index (χ0n) is 29.1. The van der Waals surface area contributed by atoms with Gasteiger partial charge in [-0.05, 0) is 68.0 Å². The van der Waals surface area contributed by atoms with Gasteiger partial charge in [-0.3, -0.25) is 14.4 Å². The van der Waals surface area contributed by atoms with Crippen LogP contribution in [0, 0.1) is 17.8 Å². The Morgan fingerprint density at radius 1 is 1.11 bits per heavy atom. The number of cyclic esters (lactones) is 1. The molecule has 14 atom stereocenters. The molecule has 0 aromatic heterocycles. The van der Waals surface area contributed by atoms with Gasteiger partial charge < -0.3 is 49.2 Å². The molecule has 1 amide bonds. The smallest absolute Gasteiger partial charge is 0.311 e. The molecule has 4 N–H and O–H groups in total. The van der Waals surface area contributed by atoms with E-state index in [-0.39, 0.29) is 25.0 Å². The maximum Gasteiger partial charge on any atom is 0.311 e. The molecule has 0 unspecified atom stereocenters. The second-order valence-electron chi connectivity index (χ2n) is 13.8. The van der Waals surface area contributed by atoms with Gasteiger partial charge in [-0.2, -0.15) is 0 Å². The summed E-state index contributed by atoms with van der Waals surface area (Å²) in [5, 5.41) is 36.8. The average Bonchev–Trinajstić information content (AvgIpc) is 2.96. The molecule has 0 aromatic carbocycles. The van der Waals surface area contributed by atoms with E-state index in [1.54, 1.807) is 34.6 Å². The van der Waals surface area contributed by atoms with Crippen LogP contribution in [0.4, 0.5) is 0 Å². The number of nitrogens with zero attached hydrogens (tertiary/aromatic N) is 1. The quantitative estimate of drug-likeness (QED) is 0.306. The van der Waals surface area contributed by atoms with Gasteiger partial charge in [0, 0.05) is 25.9 Å². The predicted molar refractivity (Wildman–Crippen MR) is 165 cm³/mol. The minimum absolute atomic E-state index is 0.101. The topological polar surface area (TPSA) is 173 Å². The lowest BCUT2D eigenvalue weighted by molar-refractivity contribution is -0.303. The lowest BCUT2D eigenvalue weighted by Gasteiger charge is -2.48. The van der Waals surface area contributed by atoms with Gasteiger partial charge in [0.1, 0.15) is 17.8 Å². The van der Waals surface area contributed by atoms with Crippen LogP contribution in [0.25, 0.3) is 0 Å².